The van der Waals surface area contributed by atoms with Crippen LogP contribution < -0.4 is 16.7 Å². The summed E-state index contributed by atoms with van der Waals surface area (Å²) in [7, 11) is 0. The van der Waals surface area contributed by atoms with E-state index in [-0.39, 0.29) is 5.39 Å². The van der Waals surface area contributed by atoms with Crippen LogP contribution in [0, 0.1) is 0 Å². The average Bonchev–Trinajstić information content (AvgIpc) is 2.41. The Morgan fingerprint density at radius 1 is 0.812 bits per heavy atom. The number of benzene rings is 1. The molecular formula is C11H12N2O3. The largest absolute Gasteiger partial charge is 0.317 e. The third-order valence-electron chi connectivity index (χ3n) is 1.85. The minimum atomic E-state index is -0.939. The molecule has 0 spiro atoms. The molecule has 1 aromatic heterocycles. The third kappa shape index (κ3) is 2.25. The molecule has 0 atom stereocenters. The van der Waals surface area contributed by atoms with E-state index in [0.29, 0.717) is 5.52 Å². The Morgan fingerprint density at radius 2 is 1.38 bits per heavy atom. The van der Waals surface area contributed by atoms with Gasteiger partial charge in [0, 0.05) is 0 Å². The molecule has 0 unspecified atom stereocenters. The van der Waals surface area contributed by atoms with E-state index in [1.165, 1.54) is 6.07 Å². The normalized spacial score (nSPS) is 9.38. The van der Waals surface area contributed by atoms with Gasteiger partial charge in [-0.2, -0.15) is 0 Å². The lowest BCUT2D eigenvalue weighted by Gasteiger charge is -1.86. The molecule has 16 heavy (non-hydrogen) atoms. The van der Waals surface area contributed by atoms with Gasteiger partial charge in [-0.1, -0.05) is 26.0 Å². The molecule has 5 nitrogen and oxygen atoms in total. The number of para-hydroxylation sites is 1. The first kappa shape index (κ1) is 11.9. The first-order valence-corrected chi connectivity index (χ1v) is 4.94. The number of aromatic amines is 2. The van der Waals surface area contributed by atoms with Gasteiger partial charge in [0.25, 0.3) is 5.56 Å². The zero-order valence-electron chi connectivity index (χ0n) is 9.03. The molecule has 84 valence electrons. The van der Waals surface area contributed by atoms with Crippen molar-refractivity contribution in [2.45, 2.75) is 13.8 Å². The van der Waals surface area contributed by atoms with Crippen molar-refractivity contribution in [2.75, 3.05) is 0 Å². The number of hydrogen-bond acceptors (Lipinski definition) is 3. The van der Waals surface area contributed by atoms with E-state index < -0.39 is 16.7 Å². The van der Waals surface area contributed by atoms with Crippen LogP contribution in [0.15, 0.2) is 38.6 Å². The van der Waals surface area contributed by atoms with Gasteiger partial charge in [-0.25, -0.2) is 0 Å². The fraction of sp³-hybridized carbons (Fsp3) is 0.182. The van der Waals surface area contributed by atoms with Crippen LogP contribution in [0.2, 0.25) is 0 Å². The molecule has 0 saturated heterocycles. The molecule has 2 aromatic rings. The Balaban J connectivity index is 0.000000606. The van der Waals surface area contributed by atoms with Crippen molar-refractivity contribution in [3.63, 3.8) is 0 Å². The summed E-state index contributed by atoms with van der Waals surface area (Å²) in [5, 5.41) is 0.284. The van der Waals surface area contributed by atoms with E-state index in [2.05, 4.69) is 4.98 Å². The highest BCUT2D eigenvalue weighted by atomic mass is 16.2. The maximum Gasteiger partial charge on any atom is 0.316 e. The van der Waals surface area contributed by atoms with Gasteiger partial charge in [-0.15, -0.1) is 0 Å². The second-order valence-electron chi connectivity index (χ2n) is 2.78. The van der Waals surface area contributed by atoms with Crippen LogP contribution in [0.1, 0.15) is 13.8 Å². The van der Waals surface area contributed by atoms with Crippen LogP contribution in [-0.4, -0.2) is 9.97 Å². The predicted molar refractivity (Wildman–Crippen MR) is 62.8 cm³/mol. The van der Waals surface area contributed by atoms with E-state index in [1.54, 1.807) is 18.2 Å². The van der Waals surface area contributed by atoms with E-state index in [0.717, 1.165) is 0 Å². The SMILES string of the molecule is CC.O=c1[nH]c(=O)c2ccccc2[nH]c1=O. The van der Waals surface area contributed by atoms with E-state index in [9.17, 15) is 14.4 Å². The van der Waals surface area contributed by atoms with Crippen molar-refractivity contribution >= 4 is 10.9 Å². The van der Waals surface area contributed by atoms with Crippen LogP contribution in [0.4, 0.5) is 0 Å². The molecule has 0 fully saturated rings. The minimum Gasteiger partial charge on any atom is -0.317 e. The Bertz CT molecular complexity index is 655. The summed E-state index contributed by atoms with van der Waals surface area (Å²) in [6.07, 6.45) is 0. The lowest BCUT2D eigenvalue weighted by Crippen LogP contribution is -2.28. The summed E-state index contributed by atoms with van der Waals surface area (Å²) in [5.74, 6) is 0. The lowest BCUT2D eigenvalue weighted by atomic mass is 10.2. The molecular weight excluding hydrogens is 208 g/mol. The van der Waals surface area contributed by atoms with Gasteiger partial charge in [0.05, 0.1) is 10.9 Å². The molecule has 0 aliphatic rings. The summed E-state index contributed by atoms with van der Waals surface area (Å²) in [6, 6.07) is 6.41. The predicted octanol–water partition coefficient (Wildman–Crippen LogP) is 0.603. The lowest BCUT2D eigenvalue weighted by molar-refractivity contribution is 1.15. The van der Waals surface area contributed by atoms with Crippen molar-refractivity contribution < 1.29 is 0 Å². The maximum absolute atomic E-state index is 11.3. The van der Waals surface area contributed by atoms with Gasteiger partial charge >= 0.3 is 11.1 Å². The Labute approximate surface area is 90.8 Å². The van der Waals surface area contributed by atoms with E-state index in [1.807, 2.05) is 18.8 Å². The minimum absolute atomic E-state index is 0.284. The molecule has 0 aliphatic heterocycles. The molecule has 1 heterocycles. The Kier molecular flexibility index (Phi) is 3.77. The number of hydrogen-bond donors (Lipinski definition) is 2. The molecule has 5 heteroatoms. The van der Waals surface area contributed by atoms with Crippen LogP contribution in [0.25, 0.3) is 10.9 Å². The van der Waals surface area contributed by atoms with Crippen molar-refractivity contribution in [1.29, 1.82) is 0 Å². The second kappa shape index (κ2) is 5.06. The van der Waals surface area contributed by atoms with E-state index >= 15 is 0 Å². The second-order valence-corrected chi connectivity index (χ2v) is 2.78. The van der Waals surface area contributed by atoms with Crippen molar-refractivity contribution in [1.82, 2.24) is 9.97 Å². The molecule has 0 radical (unpaired) electrons. The molecule has 2 N–H and O–H groups in total. The standard InChI is InChI=1S/C9H6N2O3.C2H6/c12-7-5-3-1-2-4-6(5)10-8(13)9(14)11-7;1-2/h1-4H,(H2,10,11,12,13,14);1-2H3. The first-order valence-electron chi connectivity index (χ1n) is 4.94. The monoisotopic (exact) mass is 220 g/mol. The molecule has 1 aromatic carbocycles. The fourth-order valence-electron chi connectivity index (χ4n) is 1.20. The van der Waals surface area contributed by atoms with Gasteiger partial charge in [-0.3, -0.25) is 19.4 Å². The van der Waals surface area contributed by atoms with Gasteiger partial charge in [0.15, 0.2) is 0 Å². The maximum atomic E-state index is 11.3. The molecule has 0 aliphatic carbocycles. The Morgan fingerprint density at radius 3 is 2.06 bits per heavy atom. The van der Waals surface area contributed by atoms with Crippen LogP contribution in [0.3, 0.4) is 0 Å². The van der Waals surface area contributed by atoms with Crippen molar-refractivity contribution in [3.05, 3.63) is 55.3 Å². The quantitative estimate of drug-likeness (QED) is 0.638. The van der Waals surface area contributed by atoms with Crippen LogP contribution in [-0.2, 0) is 0 Å². The van der Waals surface area contributed by atoms with E-state index in [4.69, 9.17) is 0 Å². The van der Waals surface area contributed by atoms with Gasteiger partial charge in [0.2, 0.25) is 0 Å². The summed E-state index contributed by atoms with van der Waals surface area (Å²) in [4.78, 5) is 37.6. The van der Waals surface area contributed by atoms with Gasteiger partial charge < -0.3 is 4.98 Å². The number of nitrogens with one attached hydrogen (secondary N) is 2. The van der Waals surface area contributed by atoms with Gasteiger partial charge in [-0.05, 0) is 12.1 Å². The molecule has 2 rings (SSSR count). The summed E-state index contributed by atoms with van der Waals surface area (Å²) < 4.78 is 0. The highest BCUT2D eigenvalue weighted by Gasteiger charge is 1.98. The highest BCUT2D eigenvalue weighted by molar-refractivity contribution is 5.76. The van der Waals surface area contributed by atoms with Crippen molar-refractivity contribution in [2.24, 2.45) is 0 Å². The smallest absolute Gasteiger partial charge is 0.316 e. The topological polar surface area (TPSA) is 82.8 Å². The molecule has 0 amide bonds. The summed E-state index contributed by atoms with van der Waals surface area (Å²) in [6.45, 7) is 4.00. The number of fused-ring (bicyclic) bond motifs is 1. The fourth-order valence-corrected chi connectivity index (χ4v) is 1.20. The summed E-state index contributed by atoms with van der Waals surface area (Å²) >= 11 is 0. The average molecular weight is 220 g/mol. The third-order valence-corrected chi connectivity index (χ3v) is 1.85. The van der Waals surface area contributed by atoms with Crippen LogP contribution >= 0.6 is 0 Å². The number of rotatable bonds is 0. The number of H-pyrrole nitrogens is 2. The first-order chi connectivity index (χ1) is 7.68. The van der Waals surface area contributed by atoms with Crippen LogP contribution in [0.5, 0.6) is 0 Å². The highest BCUT2D eigenvalue weighted by Crippen LogP contribution is 2.00. The van der Waals surface area contributed by atoms with Gasteiger partial charge in [0.1, 0.15) is 0 Å². The number of aromatic nitrogens is 2. The van der Waals surface area contributed by atoms with Crippen molar-refractivity contribution in [3.8, 4) is 0 Å². The molecule has 0 saturated carbocycles. The zero-order valence-corrected chi connectivity index (χ0v) is 9.03. The molecule has 0 bridgehead atoms. The summed E-state index contributed by atoms with van der Waals surface area (Å²) in [5.41, 5.74) is -1.99. The Hall–Kier alpha value is -2.17. The zero-order chi connectivity index (χ0) is 12.1.